The molecule has 258 valence electrons. The Bertz CT molecular complexity index is 1560. The molecule has 5 rings (SSSR count). The van der Waals surface area contributed by atoms with Gasteiger partial charge in [-0.25, -0.2) is 9.37 Å². The first-order valence-corrected chi connectivity index (χ1v) is 17.0. The number of aryl methyl sites for hydroxylation is 1. The maximum absolute atomic E-state index is 13.7. The number of alkyl halides is 3. The maximum Gasteiger partial charge on any atom is 0.419 e. The van der Waals surface area contributed by atoms with E-state index in [1.165, 1.54) is 25.3 Å². The standard InChI is InChI=1S/C38H45F4N3O3/c1-3-44(4-2)23-9-25-47-31-17-13-28(14-18-31)36-27-45(37(43-36)12-8-24-46-30-10-6-5-7-11-30)29-15-19-32(20-16-29)48-33-21-22-35(39)34(26-33)38(40,41)42/h13-22,26-27,30H,3-12,23-25H2,1-2H3. The van der Waals surface area contributed by atoms with Crippen molar-refractivity contribution in [2.45, 2.75) is 77.5 Å². The molecule has 0 aliphatic heterocycles. The number of hydrogen-bond donors (Lipinski definition) is 0. The molecule has 0 amide bonds. The van der Waals surface area contributed by atoms with E-state index in [1.54, 1.807) is 12.1 Å². The first kappa shape index (κ1) is 35.4. The van der Waals surface area contributed by atoms with Crippen molar-refractivity contribution in [3.8, 4) is 34.2 Å². The molecule has 1 aliphatic carbocycles. The van der Waals surface area contributed by atoms with Crippen molar-refractivity contribution < 1.29 is 31.8 Å². The second kappa shape index (κ2) is 17.0. The number of ether oxygens (including phenoxy) is 3. The highest BCUT2D eigenvalue weighted by Crippen LogP contribution is 2.35. The van der Waals surface area contributed by atoms with Gasteiger partial charge in [0.1, 0.15) is 28.9 Å². The first-order valence-electron chi connectivity index (χ1n) is 17.0. The van der Waals surface area contributed by atoms with E-state index in [2.05, 4.69) is 18.7 Å². The molecule has 6 nitrogen and oxygen atoms in total. The van der Waals surface area contributed by atoms with Crippen molar-refractivity contribution in [3.05, 3.63) is 90.1 Å². The highest BCUT2D eigenvalue weighted by molar-refractivity contribution is 5.61. The minimum absolute atomic E-state index is 0.101. The van der Waals surface area contributed by atoms with Gasteiger partial charge in [0.25, 0.3) is 0 Å². The molecule has 3 aromatic carbocycles. The van der Waals surface area contributed by atoms with Gasteiger partial charge in [-0.2, -0.15) is 13.2 Å². The van der Waals surface area contributed by atoms with E-state index in [4.69, 9.17) is 19.2 Å². The third kappa shape index (κ3) is 9.82. The van der Waals surface area contributed by atoms with Crippen molar-refractivity contribution in [2.24, 2.45) is 0 Å². The minimum atomic E-state index is -4.82. The smallest absolute Gasteiger partial charge is 0.419 e. The molecule has 1 heterocycles. The van der Waals surface area contributed by atoms with Gasteiger partial charge in [0.05, 0.1) is 24.0 Å². The number of rotatable bonds is 16. The van der Waals surface area contributed by atoms with Crippen LogP contribution >= 0.6 is 0 Å². The summed E-state index contributed by atoms with van der Waals surface area (Å²) in [6, 6.07) is 17.6. The summed E-state index contributed by atoms with van der Waals surface area (Å²) in [6.45, 7) is 8.73. The van der Waals surface area contributed by atoms with Crippen LogP contribution in [0.5, 0.6) is 17.2 Å². The van der Waals surface area contributed by atoms with Crippen LogP contribution in [0.4, 0.5) is 17.6 Å². The topological polar surface area (TPSA) is 48.8 Å². The normalized spacial score (nSPS) is 14.1. The number of aromatic nitrogens is 2. The summed E-state index contributed by atoms with van der Waals surface area (Å²) >= 11 is 0. The largest absolute Gasteiger partial charge is 0.494 e. The van der Waals surface area contributed by atoms with E-state index >= 15 is 0 Å². The van der Waals surface area contributed by atoms with Gasteiger partial charge in [-0.05, 0) is 106 Å². The molecule has 1 aliphatic rings. The lowest BCUT2D eigenvalue weighted by molar-refractivity contribution is -0.140. The molecule has 48 heavy (non-hydrogen) atoms. The Balaban J connectivity index is 1.29. The molecular formula is C38H45F4N3O3. The van der Waals surface area contributed by atoms with Crippen LogP contribution in [0.25, 0.3) is 16.9 Å². The van der Waals surface area contributed by atoms with Crippen molar-refractivity contribution in [3.63, 3.8) is 0 Å². The summed E-state index contributed by atoms with van der Waals surface area (Å²) in [4.78, 5) is 7.38. The zero-order valence-electron chi connectivity index (χ0n) is 27.8. The molecule has 0 saturated heterocycles. The number of imidazole rings is 1. The summed E-state index contributed by atoms with van der Waals surface area (Å²) in [5.41, 5.74) is 1.24. The number of nitrogens with zero attached hydrogens (tertiary/aromatic N) is 3. The van der Waals surface area contributed by atoms with Crippen molar-refractivity contribution in [1.82, 2.24) is 14.5 Å². The Morgan fingerprint density at radius 2 is 1.52 bits per heavy atom. The van der Waals surface area contributed by atoms with Gasteiger partial charge in [-0.15, -0.1) is 0 Å². The number of benzene rings is 3. The van der Waals surface area contributed by atoms with Gasteiger partial charge in [0.15, 0.2) is 0 Å². The highest BCUT2D eigenvalue weighted by atomic mass is 19.4. The fraction of sp³-hybridized carbons (Fsp3) is 0.447. The predicted molar refractivity (Wildman–Crippen MR) is 180 cm³/mol. The Labute approximate surface area is 280 Å². The summed E-state index contributed by atoms with van der Waals surface area (Å²) in [5, 5.41) is 0. The maximum atomic E-state index is 13.7. The summed E-state index contributed by atoms with van der Waals surface area (Å²) in [5.74, 6) is 0.573. The number of halogens is 4. The molecule has 0 N–H and O–H groups in total. The molecule has 10 heteroatoms. The summed E-state index contributed by atoms with van der Waals surface area (Å²) in [6.07, 6.45) is 5.98. The van der Waals surface area contributed by atoms with Crippen LogP contribution in [-0.4, -0.2) is 53.4 Å². The minimum Gasteiger partial charge on any atom is -0.494 e. The lowest BCUT2D eigenvalue weighted by Gasteiger charge is -2.21. The SMILES string of the molecule is CCN(CC)CCCOc1ccc(-c2cn(-c3ccc(Oc4ccc(F)c(C(F)(F)F)c4)cc3)c(CCCOC3CCCCC3)n2)cc1. The molecule has 0 spiro atoms. The second-order valence-corrected chi connectivity index (χ2v) is 12.1. The zero-order valence-corrected chi connectivity index (χ0v) is 27.8. The average Bonchev–Trinajstić information content (AvgIpc) is 3.52. The van der Waals surface area contributed by atoms with Crippen molar-refractivity contribution in [1.29, 1.82) is 0 Å². The Morgan fingerprint density at radius 3 is 2.21 bits per heavy atom. The van der Waals surface area contributed by atoms with Crippen LogP contribution in [0.3, 0.4) is 0 Å². The Morgan fingerprint density at radius 1 is 0.833 bits per heavy atom. The van der Waals surface area contributed by atoms with Crippen LogP contribution in [0.1, 0.15) is 70.2 Å². The summed E-state index contributed by atoms with van der Waals surface area (Å²) in [7, 11) is 0. The molecule has 4 aromatic rings. The second-order valence-electron chi connectivity index (χ2n) is 12.1. The van der Waals surface area contributed by atoms with E-state index in [1.807, 2.05) is 47.2 Å². The molecule has 0 atom stereocenters. The average molecular weight is 668 g/mol. The van der Waals surface area contributed by atoms with Crippen LogP contribution in [-0.2, 0) is 17.3 Å². The monoisotopic (exact) mass is 667 g/mol. The highest BCUT2D eigenvalue weighted by Gasteiger charge is 2.34. The molecule has 1 fully saturated rings. The van der Waals surface area contributed by atoms with Crippen molar-refractivity contribution in [2.75, 3.05) is 32.8 Å². The third-order valence-electron chi connectivity index (χ3n) is 8.76. The van der Waals surface area contributed by atoms with E-state index in [-0.39, 0.29) is 5.75 Å². The lowest BCUT2D eigenvalue weighted by atomic mass is 9.98. The third-order valence-corrected chi connectivity index (χ3v) is 8.76. The van der Waals surface area contributed by atoms with Gasteiger partial charge in [-0.3, -0.25) is 0 Å². The molecule has 0 unspecified atom stereocenters. The molecule has 0 bridgehead atoms. The Hall–Kier alpha value is -3.89. The van der Waals surface area contributed by atoms with E-state index in [0.29, 0.717) is 37.6 Å². The van der Waals surface area contributed by atoms with Crippen molar-refractivity contribution >= 4 is 0 Å². The van der Waals surface area contributed by atoms with Crippen LogP contribution in [0.2, 0.25) is 0 Å². The van der Waals surface area contributed by atoms with Crippen LogP contribution < -0.4 is 9.47 Å². The first-order chi connectivity index (χ1) is 23.2. The Kier molecular flexibility index (Phi) is 12.5. The van der Waals surface area contributed by atoms with Gasteiger partial charge >= 0.3 is 6.18 Å². The predicted octanol–water partition coefficient (Wildman–Crippen LogP) is 9.88. The fourth-order valence-corrected chi connectivity index (χ4v) is 6.01. The molecule has 1 saturated carbocycles. The van der Waals surface area contributed by atoms with Crippen LogP contribution in [0, 0.1) is 5.82 Å². The fourth-order valence-electron chi connectivity index (χ4n) is 6.01. The van der Waals surface area contributed by atoms with Gasteiger partial charge in [-0.1, -0.05) is 33.1 Å². The number of hydrogen-bond acceptors (Lipinski definition) is 5. The lowest BCUT2D eigenvalue weighted by Crippen LogP contribution is -2.25. The van der Waals surface area contributed by atoms with Gasteiger partial charge in [0.2, 0.25) is 0 Å². The molecule has 0 radical (unpaired) electrons. The van der Waals surface area contributed by atoms with Gasteiger partial charge < -0.3 is 23.7 Å². The summed E-state index contributed by atoms with van der Waals surface area (Å²) < 4.78 is 73.1. The van der Waals surface area contributed by atoms with E-state index in [0.717, 1.165) is 79.9 Å². The zero-order chi connectivity index (χ0) is 33.9. The quantitative estimate of drug-likeness (QED) is 0.0880. The van der Waals surface area contributed by atoms with E-state index in [9.17, 15) is 17.6 Å². The van der Waals surface area contributed by atoms with E-state index < -0.39 is 17.6 Å². The molecule has 1 aromatic heterocycles. The molecular weight excluding hydrogens is 622 g/mol. The van der Waals surface area contributed by atoms with Gasteiger partial charge in [0, 0.05) is 37.0 Å². The van der Waals surface area contributed by atoms with Crippen LogP contribution in [0.15, 0.2) is 72.9 Å².